The van der Waals surface area contributed by atoms with E-state index in [1.807, 2.05) is 12.1 Å². The molecule has 14 rings (SSSR count). The Kier molecular flexibility index (Phi) is 9.56. The number of furan rings is 1. The zero-order chi connectivity index (χ0) is 47.9. The molecule has 340 valence electrons. The average Bonchev–Trinajstić information content (AvgIpc) is 4.06. The number of aromatic nitrogens is 1. The minimum atomic E-state index is -0.260. The van der Waals surface area contributed by atoms with Gasteiger partial charge in [0.25, 0.3) is 0 Å². The van der Waals surface area contributed by atoms with Gasteiger partial charge in [0, 0.05) is 49.7 Å². The van der Waals surface area contributed by atoms with E-state index < -0.39 is 0 Å². The maximum absolute atomic E-state index is 6.32. The smallest absolute Gasteiger partial charge is 0.136 e. The number of anilines is 3. The van der Waals surface area contributed by atoms with E-state index in [-0.39, 0.29) is 5.41 Å². The van der Waals surface area contributed by atoms with Crippen LogP contribution in [0.3, 0.4) is 0 Å². The predicted octanol–water partition coefficient (Wildman–Crippen LogP) is 19.1. The summed E-state index contributed by atoms with van der Waals surface area (Å²) in [6, 6.07) is 93.0. The number of hydrogen-bond donors (Lipinski definition) is 0. The normalized spacial score (nSPS) is 12.7. The highest BCUT2D eigenvalue weighted by Gasteiger charge is 2.36. The molecule has 3 heteroatoms. The van der Waals surface area contributed by atoms with Crippen LogP contribution in [0.1, 0.15) is 25.0 Å². The molecule has 0 saturated heterocycles. The largest absolute Gasteiger partial charge is 0.456 e. The zero-order valence-electron chi connectivity index (χ0n) is 40.1. The Balaban J connectivity index is 0.871. The fourth-order valence-corrected chi connectivity index (χ4v) is 11.5. The van der Waals surface area contributed by atoms with Crippen LogP contribution in [-0.2, 0) is 5.41 Å². The minimum absolute atomic E-state index is 0.260. The second-order valence-corrected chi connectivity index (χ2v) is 19.7. The highest BCUT2D eigenvalue weighted by molar-refractivity contribution is 6.09. The van der Waals surface area contributed by atoms with Crippen molar-refractivity contribution in [2.75, 3.05) is 4.90 Å². The molecule has 0 fully saturated rings. The second kappa shape index (κ2) is 16.5. The third-order valence-electron chi connectivity index (χ3n) is 15.2. The van der Waals surface area contributed by atoms with E-state index >= 15 is 0 Å². The van der Waals surface area contributed by atoms with Gasteiger partial charge in [0.2, 0.25) is 0 Å². The van der Waals surface area contributed by atoms with Crippen LogP contribution in [0.25, 0.3) is 105 Å². The Hall–Kier alpha value is -9.18. The highest BCUT2D eigenvalue weighted by Crippen LogP contribution is 2.52. The average molecular weight is 921 g/mol. The molecule has 1 aliphatic carbocycles. The lowest BCUT2D eigenvalue weighted by atomic mass is 9.82. The highest BCUT2D eigenvalue weighted by atomic mass is 16.3. The summed E-state index contributed by atoms with van der Waals surface area (Å²) >= 11 is 0. The van der Waals surface area contributed by atoms with Crippen molar-refractivity contribution in [1.82, 2.24) is 4.57 Å². The van der Waals surface area contributed by atoms with Gasteiger partial charge in [0.05, 0.1) is 11.0 Å². The molecule has 72 heavy (non-hydrogen) atoms. The first-order chi connectivity index (χ1) is 35.4. The van der Waals surface area contributed by atoms with Crippen molar-refractivity contribution in [3.05, 3.63) is 266 Å². The monoisotopic (exact) mass is 920 g/mol. The number of rotatable bonds is 8. The molecule has 0 saturated carbocycles. The molecule has 0 N–H and O–H groups in total. The molecule has 0 amide bonds. The first-order valence-corrected chi connectivity index (χ1v) is 24.9. The van der Waals surface area contributed by atoms with Crippen LogP contribution in [0.15, 0.2) is 259 Å². The Labute approximate surface area is 419 Å². The van der Waals surface area contributed by atoms with E-state index in [2.05, 4.69) is 266 Å². The summed E-state index contributed by atoms with van der Waals surface area (Å²) < 4.78 is 8.75. The van der Waals surface area contributed by atoms with Gasteiger partial charge >= 0.3 is 0 Å². The van der Waals surface area contributed by atoms with Crippen molar-refractivity contribution in [2.45, 2.75) is 19.3 Å². The first-order valence-electron chi connectivity index (χ1n) is 24.9. The number of fused-ring (bicyclic) bond motifs is 9. The van der Waals surface area contributed by atoms with Gasteiger partial charge in [-0.3, -0.25) is 0 Å². The molecule has 0 aliphatic heterocycles. The zero-order valence-corrected chi connectivity index (χ0v) is 40.1. The van der Waals surface area contributed by atoms with Crippen LogP contribution in [-0.4, -0.2) is 4.57 Å². The lowest BCUT2D eigenvalue weighted by molar-refractivity contribution is 0.660. The summed E-state index contributed by atoms with van der Waals surface area (Å²) in [6.07, 6.45) is 0. The molecule has 0 unspecified atom stereocenters. The van der Waals surface area contributed by atoms with Gasteiger partial charge in [-0.25, -0.2) is 0 Å². The molecule has 3 nitrogen and oxygen atoms in total. The van der Waals surface area contributed by atoms with Gasteiger partial charge in [-0.05, 0) is 164 Å². The molecule has 0 bridgehead atoms. The number of hydrogen-bond acceptors (Lipinski definition) is 2. The summed E-state index contributed by atoms with van der Waals surface area (Å²) in [4.78, 5) is 2.41. The molecule has 1 aliphatic rings. The lowest BCUT2D eigenvalue weighted by Crippen LogP contribution is -2.17. The molecule has 13 aromatic rings. The number of para-hydroxylation sites is 3. The van der Waals surface area contributed by atoms with Crippen molar-refractivity contribution in [3.8, 4) is 61.3 Å². The Morgan fingerprint density at radius 2 is 0.764 bits per heavy atom. The Morgan fingerprint density at radius 3 is 1.36 bits per heavy atom. The van der Waals surface area contributed by atoms with Crippen LogP contribution >= 0.6 is 0 Å². The van der Waals surface area contributed by atoms with E-state index in [1.165, 1.54) is 77.6 Å². The molecule has 2 aromatic heterocycles. The standard InChI is InChI=1S/C69H48N2O/c1-69(2)63-43-55(34-37-57(63)58-38-35-56(44-64(58)69)71-65-22-12-9-19-59(65)60-20-10-13-23-66(60)71)70(53-30-25-47(26-31-53)49-29-36-62-61-21-11-14-24-67(61)72-68(62)42-49)54-32-27-48(28-33-54)52-40-50(45-15-5-3-6-16-45)39-51(41-52)46-17-7-4-8-18-46/h3-44H,1-2H3. The van der Waals surface area contributed by atoms with Gasteiger partial charge in [-0.2, -0.15) is 0 Å². The van der Waals surface area contributed by atoms with Crippen molar-refractivity contribution < 1.29 is 4.42 Å². The Bertz CT molecular complexity index is 4110. The molecule has 0 radical (unpaired) electrons. The molecular formula is C69H48N2O. The minimum Gasteiger partial charge on any atom is -0.456 e. The van der Waals surface area contributed by atoms with Crippen LogP contribution < -0.4 is 4.90 Å². The molecule has 2 heterocycles. The summed E-state index contributed by atoms with van der Waals surface area (Å²) in [7, 11) is 0. The van der Waals surface area contributed by atoms with E-state index in [1.54, 1.807) is 0 Å². The van der Waals surface area contributed by atoms with Crippen molar-refractivity contribution >= 4 is 60.8 Å². The molecular weight excluding hydrogens is 873 g/mol. The van der Waals surface area contributed by atoms with E-state index in [0.717, 1.165) is 55.7 Å². The molecule has 11 aromatic carbocycles. The maximum Gasteiger partial charge on any atom is 0.136 e. The quantitative estimate of drug-likeness (QED) is 0.151. The van der Waals surface area contributed by atoms with E-state index in [4.69, 9.17) is 4.42 Å². The summed E-state index contributed by atoms with van der Waals surface area (Å²) in [5.74, 6) is 0. The third-order valence-corrected chi connectivity index (χ3v) is 15.2. The van der Waals surface area contributed by atoms with Crippen LogP contribution in [0.2, 0.25) is 0 Å². The van der Waals surface area contributed by atoms with Gasteiger partial charge in [-0.1, -0.05) is 172 Å². The predicted molar refractivity (Wildman–Crippen MR) is 302 cm³/mol. The third kappa shape index (κ3) is 6.81. The van der Waals surface area contributed by atoms with Crippen LogP contribution in [0.5, 0.6) is 0 Å². The second-order valence-electron chi connectivity index (χ2n) is 19.7. The maximum atomic E-state index is 6.32. The fourth-order valence-electron chi connectivity index (χ4n) is 11.5. The fraction of sp³-hybridized carbons (Fsp3) is 0.0435. The van der Waals surface area contributed by atoms with Crippen molar-refractivity contribution in [2.24, 2.45) is 0 Å². The van der Waals surface area contributed by atoms with Gasteiger partial charge in [0.1, 0.15) is 11.2 Å². The van der Waals surface area contributed by atoms with Crippen LogP contribution in [0.4, 0.5) is 17.1 Å². The Morgan fingerprint density at radius 1 is 0.319 bits per heavy atom. The topological polar surface area (TPSA) is 21.3 Å². The number of nitrogens with zero attached hydrogens (tertiary/aromatic N) is 2. The van der Waals surface area contributed by atoms with Gasteiger partial charge in [0.15, 0.2) is 0 Å². The number of benzene rings is 11. The van der Waals surface area contributed by atoms with E-state index in [0.29, 0.717) is 0 Å². The van der Waals surface area contributed by atoms with E-state index in [9.17, 15) is 0 Å². The van der Waals surface area contributed by atoms with Crippen LogP contribution in [0, 0.1) is 0 Å². The molecule has 0 atom stereocenters. The van der Waals surface area contributed by atoms with Gasteiger partial charge < -0.3 is 13.9 Å². The van der Waals surface area contributed by atoms with Crippen molar-refractivity contribution in [3.63, 3.8) is 0 Å². The summed E-state index contributed by atoms with van der Waals surface area (Å²) in [5, 5.41) is 4.81. The first kappa shape index (κ1) is 41.8. The summed E-state index contributed by atoms with van der Waals surface area (Å²) in [5.41, 5.74) is 23.0. The molecule has 0 spiro atoms. The van der Waals surface area contributed by atoms with Crippen molar-refractivity contribution in [1.29, 1.82) is 0 Å². The van der Waals surface area contributed by atoms with Gasteiger partial charge in [-0.15, -0.1) is 0 Å². The lowest BCUT2D eigenvalue weighted by Gasteiger charge is -2.28. The SMILES string of the molecule is CC1(C)c2cc(N(c3ccc(-c4cc(-c5ccccc5)cc(-c5ccccc5)c4)cc3)c3ccc(-c4ccc5c(c4)oc4ccccc45)cc3)ccc2-c2ccc(-n3c4ccccc4c4ccccc43)cc21. The summed E-state index contributed by atoms with van der Waals surface area (Å²) in [6.45, 7) is 4.77.